The smallest absolute Gasteiger partial charge is 0.223 e. The van der Waals surface area contributed by atoms with Crippen LogP contribution in [-0.4, -0.2) is 25.0 Å². The molecule has 2 aliphatic carbocycles. The molecule has 2 fully saturated rings. The highest BCUT2D eigenvalue weighted by Crippen LogP contribution is 2.24. The second kappa shape index (κ2) is 7.13. The van der Waals surface area contributed by atoms with Crippen molar-refractivity contribution < 1.29 is 4.79 Å². The van der Waals surface area contributed by atoms with E-state index in [-0.39, 0.29) is 0 Å². The molecule has 0 radical (unpaired) electrons. The van der Waals surface area contributed by atoms with Crippen molar-refractivity contribution in [2.24, 2.45) is 5.92 Å². The van der Waals surface area contributed by atoms with Crippen LogP contribution in [0, 0.1) is 5.92 Å². The van der Waals surface area contributed by atoms with Gasteiger partial charge in [-0.3, -0.25) is 4.79 Å². The maximum atomic E-state index is 12.2. The highest BCUT2D eigenvalue weighted by atomic mass is 16.1. The predicted molar refractivity (Wildman–Crippen MR) is 74.4 cm³/mol. The lowest BCUT2D eigenvalue weighted by Crippen LogP contribution is -2.43. The minimum atomic E-state index is 0.300. The zero-order valence-corrected chi connectivity index (χ0v) is 11.7. The van der Waals surface area contributed by atoms with Gasteiger partial charge in [0.25, 0.3) is 0 Å². The van der Waals surface area contributed by atoms with E-state index in [0.29, 0.717) is 23.9 Å². The summed E-state index contributed by atoms with van der Waals surface area (Å²) in [5.41, 5.74) is 0. The van der Waals surface area contributed by atoms with Gasteiger partial charge >= 0.3 is 0 Å². The molecule has 3 nitrogen and oxygen atoms in total. The lowest BCUT2D eigenvalue weighted by molar-refractivity contribution is -0.126. The van der Waals surface area contributed by atoms with Crippen molar-refractivity contribution in [3.05, 3.63) is 0 Å². The topological polar surface area (TPSA) is 41.1 Å². The lowest BCUT2D eigenvalue weighted by Gasteiger charge is -2.30. The summed E-state index contributed by atoms with van der Waals surface area (Å²) in [4.78, 5) is 12.2. The first-order valence-corrected chi connectivity index (χ1v) is 7.77. The molecule has 0 aliphatic heterocycles. The van der Waals surface area contributed by atoms with Gasteiger partial charge in [-0.05, 0) is 45.6 Å². The molecule has 2 N–H and O–H groups in total. The number of rotatable bonds is 3. The van der Waals surface area contributed by atoms with E-state index in [2.05, 4.69) is 10.6 Å². The number of hydrogen-bond acceptors (Lipinski definition) is 2. The van der Waals surface area contributed by atoms with Crippen LogP contribution in [0.15, 0.2) is 0 Å². The lowest BCUT2D eigenvalue weighted by atomic mass is 9.90. The maximum Gasteiger partial charge on any atom is 0.223 e. The zero-order valence-electron chi connectivity index (χ0n) is 11.7. The molecule has 0 heterocycles. The van der Waals surface area contributed by atoms with Gasteiger partial charge in [0.1, 0.15) is 0 Å². The van der Waals surface area contributed by atoms with Crippen molar-refractivity contribution in [2.45, 2.75) is 76.3 Å². The van der Waals surface area contributed by atoms with Gasteiger partial charge in [-0.15, -0.1) is 0 Å². The molecule has 2 saturated carbocycles. The van der Waals surface area contributed by atoms with E-state index in [0.717, 1.165) is 25.7 Å². The van der Waals surface area contributed by atoms with Crippen molar-refractivity contribution in [2.75, 3.05) is 7.05 Å². The summed E-state index contributed by atoms with van der Waals surface area (Å²) in [6.07, 6.45) is 12.0. The van der Waals surface area contributed by atoms with Crippen molar-refractivity contribution in [1.82, 2.24) is 10.6 Å². The van der Waals surface area contributed by atoms with E-state index < -0.39 is 0 Å². The fourth-order valence-corrected chi connectivity index (χ4v) is 3.39. The molecule has 3 heteroatoms. The summed E-state index contributed by atoms with van der Waals surface area (Å²) >= 11 is 0. The molecule has 0 bridgehead atoms. The third-order valence-corrected chi connectivity index (χ3v) is 4.71. The summed E-state index contributed by atoms with van der Waals surface area (Å²) in [6, 6.07) is 1.10. The molecule has 0 aromatic carbocycles. The number of amides is 1. The quantitative estimate of drug-likeness (QED) is 0.758. The molecule has 0 spiro atoms. The molecule has 0 atom stereocenters. The summed E-state index contributed by atoms with van der Waals surface area (Å²) < 4.78 is 0. The van der Waals surface area contributed by atoms with Gasteiger partial charge in [-0.25, -0.2) is 0 Å². The summed E-state index contributed by atoms with van der Waals surface area (Å²) in [5.74, 6) is 0.638. The molecule has 0 unspecified atom stereocenters. The van der Waals surface area contributed by atoms with Crippen LogP contribution < -0.4 is 10.6 Å². The van der Waals surface area contributed by atoms with Crippen molar-refractivity contribution >= 4 is 5.91 Å². The van der Waals surface area contributed by atoms with Crippen LogP contribution in [0.2, 0.25) is 0 Å². The van der Waals surface area contributed by atoms with E-state index >= 15 is 0 Å². The van der Waals surface area contributed by atoms with E-state index in [4.69, 9.17) is 0 Å². The largest absolute Gasteiger partial charge is 0.353 e. The Bertz CT molecular complexity index is 251. The molecule has 104 valence electrons. The van der Waals surface area contributed by atoms with Gasteiger partial charge in [-0.1, -0.05) is 25.7 Å². The molecule has 2 rings (SSSR count). The van der Waals surface area contributed by atoms with Crippen molar-refractivity contribution in [1.29, 1.82) is 0 Å². The third-order valence-electron chi connectivity index (χ3n) is 4.71. The SMILES string of the molecule is CNC1CCC(NC(=O)C2CCCCCC2)CC1. The third kappa shape index (κ3) is 3.98. The first-order valence-electron chi connectivity index (χ1n) is 7.77. The van der Waals surface area contributed by atoms with Crippen LogP contribution in [-0.2, 0) is 4.79 Å². The van der Waals surface area contributed by atoms with Gasteiger partial charge in [0.2, 0.25) is 5.91 Å². The van der Waals surface area contributed by atoms with Gasteiger partial charge in [-0.2, -0.15) is 0 Å². The van der Waals surface area contributed by atoms with Crippen molar-refractivity contribution in [3.8, 4) is 0 Å². The van der Waals surface area contributed by atoms with Crippen molar-refractivity contribution in [3.63, 3.8) is 0 Å². The Labute approximate surface area is 111 Å². The molecule has 1 amide bonds. The minimum Gasteiger partial charge on any atom is -0.353 e. The minimum absolute atomic E-state index is 0.300. The number of nitrogens with one attached hydrogen (secondary N) is 2. The Kier molecular flexibility index (Phi) is 5.48. The number of carbonyl (C=O) groups excluding carboxylic acids is 1. The van der Waals surface area contributed by atoms with Gasteiger partial charge in [0.15, 0.2) is 0 Å². The maximum absolute atomic E-state index is 12.2. The van der Waals surface area contributed by atoms with Crippen LogP contribution in [0.25, 0.3) is 0 Å². The van der Waals surface area contributed by atoms with Gasteiger partial charge < -0.3 is 10.6 Å². The molecule has 18 heavy (non-hydrogen) atoms. The Morgan fingerprint density at radius 1 is 0.833 bits per heavy atom. The number of carbonyl (C=O) groups is 1. The molecular formula is C15H28N2O. The summed E-state index contributed by atoms with van der Waals surface area (Å²) in [5, 5.41) is 6.63. The van der Waals surface area contributed by atoms with E-state index in [1.807, 2.05) is 7.05 Å². The zero-order chi connectivity index (χ0) is 12.8. The Balaban J connectivity index is 1.73. The van der Waals surface area contributed by atoms with Crippen LogP contribution in [0.1, 0.15) is 64.2 Å². The fraction of sp³-hybridized carbons (Fsp3) is 0.933. The molecule has 2 aliphatic rings. The molecule has 0 aromatic heterocycles. The predicted octanol–water partition coefficient (Wildman–Crippen LogP) is 2.60. The normalized spacial score (nSPS) is 30.7. The average Bonchev–Trinajstić information content (AvgIpc) is 2.68. The molecule has 0 saturated heterocycles. The highest BCUT2D eigenvalue weighted by Gasteiger charge is 2.25. The van der Waals surface area contributed by atoms with Crippen LogP contribution in [0.3, 0.4) is 0 Å². The molecule has 0 aromatic rings. The highest BCUT2D eigenvalue weighted by molar-refractivity contribution is 5.78. The average molecular weight is 252 g/mol. The van der Waals surface area contributed by atoms with E-state index in [9.17, 15) is 4.79 Å². The summed E-state index contributed by atoms with van der Waals surface area (Å²) in [6.45, 7) is 0. The monoisotopic (exact) mass is 252 g/mol. The number of hydrogen-bond donors (Lipinski definition) is 2. The van der Waals surface area contributed by atoms with Gasteiger partial charge in [0.05, 0.1) is 0 Å². The van der Waals surface area contributed by atoms with E-state index in [1.165, 1.54) is 38.5 Å². The van der Waals surface area contributed by atoms with Gasteiger partial charge in [0, 0.05) is 18.0 Å². The first kappa shape index (κ1) is 13.9. The van der Waals surface area contributed by atoms with Crippen LogP contribution >= 0.6 is 0 Å². The first-order chi connectivity index (χ1) is 8.79. The fourth-order valence-electron chi connectivity index (χ4n) is 3.39. The standard InChI is InChI=1S/C15H28N2O/c1-16-13-8-10-14(11-9-13)17-15(18)12-6-4-2-3-5-7-12/h12-14,16H,2-11H2,1H3,(H,17,18). The van der Waals surface area contributed by atoms with Crippen LogP contribution in [0.4, 0.5) is 0 Å². The second-order valence-electron chi connectivity index (χ2n) is 6.03. The Morgan fingerprint density at radius 3 is 1.94 bits per heavy atom. The second-order valence-corrected chi connectivity index (χ2v) is 6.03. The van der Waals surface area contributed by atoms with E-state index in [1.54, 1.807) is 0 Å². The Hall–Kier alpha value is -0.570. The van der Waals surface area contributed by atoms with Crippen LogP contribution in [0.5, 0.6) is 0 Å². The Morgan fingerprint density at radius 2 is 1.39 bits per heavy atom. The molecular weight excluding hydrogens is 224 g/mol. The summed E-state index contributed by atoms with van der Waals surface area (Å²) in [7, 11) is 2.04.